The van der Waals surface area contributed by atoms with Gasteiger partial charge in [-0.3, -0.25) is 0 Å². The normalized spacial score (nSPS) is 12.6. The molecule has 1 heterocycles. The van der Waals surface area contributed by atoms with Gasteiger partial charge in [0.2, 0.25) is 0 Å². The Bertz CT molecular complexity index is 548. The number of imidazole rings is 1. The second-order valence-electron chi connectivity index (χ2n) is 4.89. The van der Waals surface area contributed by atoms with Gasteiger partial charge in [0, 0.05) is 19.4 Å². The van der Waals surface area contributed by atoms with Gasteiger partial charge in [-0.2, -0.15) is 0 Å². The Balaban J connectivity index is 1.88. The first kappa shape index (κ1) is 13.7. The van der Waals surface area contributed by atoms with Crippen molar-refractivity contribution >= 4 is 0 Å². The van der Waals surface area contributed by atoms with Crippen LogP contribution in [0.5, 0.6) is 0 Å². The van der Waals surface area contributed by atoms with E-state index in [9.17, 15) is 4.39 Å². The van der Waals surface area contributed by atoms with Crippen LogP contribution in [0.25, 0.3) is 0 Å². The molecule has 2 rings (SSSR count). The van der Waals surface area contributed by atoms with Crippen molar-refractivity contribution in [3.63, 3.8) is 0 Å². The molecule has 1 unspecified atom stereocenters. The fourth-order valence-corrected chi connectivity index (χ4v) is 2.25. The lowest BCUT2D eigenvalue weighted by atomic mass is 10.1. The van der Waals surface area contributed by atoms with Crippen molar-refractivity contribution in [2.75, 3.05) is 6.54 Å². The van der Waals surface area contributed by atoms with E-state index < -0.39 is 0 Å². The second-order valence-corrected chi connectivity index (χ2v) is 4.89. The van der Waals surface area contributed by atoms with Crippen LogP contribution in [0.15, 0.2) is 30.6 Å². The lowest BCUT2D eigenvalue weighted by Crippen LogP contribution is -2.23. The number of halogens is 1. The molecule has 1 aromatic carbocycles. The van der Waals surface area contributed by atoms with Crippen LogP contribution in [-0.2, 0) is 13.5 Å². The lowest BCUT2D eigenvalue weighted by Gasteiger charge is -2.14. The predicted molar refractivity (Wildman–Crippen MR) is 74.5 cm³/mol. The largest absolute Gasteiger partial charge is 0.337 e. The third kappa shape index (κ3) is 3.41. The summed E-state index contributed by atoms with van der Waals surface area (Å²) in [5, 5.41) is 3.44. The molecular formula is C15H20FN3. The Morgan fingerprint density at radius 2 is 2.21 bits per heavy atom. The van der Waals surface area contributed by atoms with Crippen LogP contribution in [0.4, 0.5) is 4.39 Å². The highest BCUT2D eigenvalue weighted by atomic mass is 19.1. The molecule has 4 heteroatoms. The SMILES string of the molecule is Cc1cc(F)ccc1CCNC(C)c1nccn1C. The first-order chi connectivity index (χ1) is 9.08. The van der Waals surface area contributed by atoms with Crippen molar-refractivity contribution in [2.24, 2.45) is 7.05 Å². The number of hydrogen-bond acceptors (Lipinski definition) is 2. The van der Waals surface area contributed by atoms with Gasteiger partial charge in [-0.05, 0) is 50.1 Å². The van der Waals surface area contributed by atoms with E-state index in [-0.39, 0.29) is 11.9 Å². The standard InChI is InChI=1S/C15H20FN3/c1-11-10-14(16)5-4-13(11)6-7-17-12(2)15-18-8-9-19(15)3/h4-5,8-10,12,17H,6-7H2,1-3H3. The van der Waals surface area contributed by atoms with Crippen molar-refractivity contribution < 1.29 is 4.39 Å². The summed E-state index contributed by atoms with van der Waals surface area (Å²) in [5.74, 6) is 0.853. The van der Waals surface area contributed by atoms with Crippen molar-refractivity contribution in [1.29, 1.82) is 0 Å². The van der Waals surface area contributed by atoms with E-state index in [0.29, 0.717) is 0 Å². The van der Waals surface area contributed by atoms with Gasteiger partial charge in [-0.25, -0.2) is 9.37 Å². The molecule has 0 bridgehead atoms. The fraction of sp³-hybridized carbons (Fsp3) is 0.400. The van der Waals surface area contributed by atoms with E-state index in [1.165, 1.54) is 11.6 Å². The highest BCUT2D eigenvalue weighted by molar-refractivity contribution is 5.26. The van der Waals surface area contributed by atoms with E-state index in [4.69, 9.17) is 0 Å². The smallest absolute Gasteiger partial charge is 0.125 e. The summed E-state index contributed by atoms with van der Waals surface area (Å²) in [4.78, 5) is 4.32. The molecule has 0 aliphatic heterocycles. The molecule has 2 aromatic rings. The number of aryl methyl sites for hydroxylation is 2. The third-order valence-corrected chi connectivity index (χ3v) is 3.40. The zero-order valence-electron chi connectivity index (χ0n) is 11.7. The molecule has 0 saturated heterocycles. The van der Waals surface area contributed by atoms with Crippen LogP contribution in [0, 0.1) is 12.7 Å². The van der Waals surface area contributed by atoms with Gasteiger partial charge in [0.1, 0.15) is 11.6 Å². The Hall–Kier alpha value is -1.68. The van der Waals surface area contributed by atoms with Crippen LogP contribution < -0.4 is 5.32 Å². The fourth-order valence-electron chi connectivity index (χ4n) is 2.25. The number of rotatable bonds is 5. The zero-order valence-corrected chi connectivity index (χ0v) is 11.7. The number of aromatic nitrogens is 2. The van der Waals surface area contributed by atoms with Gasteiger partial charge < -0.3 is 9.88 Å². The van der Waals surface area contributed by atoms with Gasteiger partial charge in [0.25, 0.3) is 0 Å². The molecular weight excluding hydrogens is 241 g/mol. The minimum absolute atomic E-state index is 0.171. The third-order valence-electron chi connectivity index (χ3n) is 3.40. The Morgan fingerprint density at radius 1 is 1.42 bits per heavy atom. The second kappa shape index (κ2) is 5.97. The minimum Gasteiger partial charge on any atom is -0.337 e. The van der Waals surface area contributed by atoms with Gasteiger partial charge in [0.15, 0.2) is 0 Å². The summed E-state index contributed by atoms with van der Waals surface area (Å²) in [7, 11) is 1.99. The first-order valence-electron chi connectivity index (χ1n) is 6.53. The van der Waals surface area contributed by atoms with E-state index in [1.54, 1.807) is 12.3 Å². The molecule has 3 nitrogen and oxygen atoms in total. The van der Waals surface area contributed by atoms with Crippen LogP contribution in [-0.4, -0.2) is 16.1 Å². The van der Waals surface area contributed by atoms with Gasteiger partial charge in [-0.1, -0.05) is 6.07 Å². The Labute approximate surface area is 113 Å². The molecule has 0 aliphatic carbocycles. The van der Waals surface area contributed by atoms with Crippen molar-refractivity contribution in [3.05, 3.63) is 53.4 Å². The molecule has 0 fully saturated rings. The Kier molecular flexibility index (Phi) is 4.32. The van der Waals surface area contributed by atoms with E-state index in [2.05, 4.69) is 17.2 Å². The molecule has 102 valence electrons. The summed E-state index contributed by atoms with van der Waals surface area (Å²) in [6.07, 6.45) is 4.64. The maximum atomic E-state index is 13.0. The van der Waals surface area contributed by atoms with Gasteiger partial charge >= 0.3 is 0 Å². The number of benzene rings is 1. The molecule has 1 atom stereocenters. The van der Waals surface area contributed by atoms with Gasteiger partial charge in [0.05, 0.1) is 6.04 Å². The van der Waals surface area contributed by atoms with E-state index in [0.717, 1.165) is 24.4 Å². The highest BCUT2D eigenvalue weighted by Gasteiger charge is 2.09. The maximum Gasteiger partial charge on any atom is 0.125 e. The van der Waals surface area contributed by atoms with Crippen LogP contribution in [0.1, 0.15) is 29.9 Å². The van der Waals surface area contributed by atoms with E-state index in [1.807, 2.05) is 30.8 Å². The van der Waals surface area contributed by atoms with Crippen LogP contribution in [0.2, 0.25) is 0 Å². The summed E-state index contributed by atoms with van der Waals surface area (Å²) < 4.78 is 15.0. The van der Waals surface area contributed by atoms with Crippen LogP contribution >= 0.6 is 0 Å². The van der Waals surface area contributed by atoms with E-state index >= 15 is 0 Å². The molecule has 0 saturated carbocycles. The topological polar surface area (TPSA) is 29.9 Å². The molecule has 0 spiro atoms. The summed E-state index contributed by atoms with van der Waals surface area (Å²) in [6, 6.07) is 5.17. The zero-order chi connectivity index (χ0) is 13.8. The molecule has 0 amide bonds. The van der Waals surface area contributed by atoms with Gasteiger partial charge in [-0.15, -0.1) is 0 Å². The quantitative estimate of drug-likeness (QED) is 0.897. The van der Waals surface area contributed by atoms with Crippen LogP contribution in [0.3, 0.4) is 0 Å². The molecule has 1 N–H and O–H groups in total. The predicted octanol–water partition coefficient (Wildman–Crippen LogP) is 2.76. The average molecular weight is 261 g/mol. The average Bonchev–Trinajstić information content (AvgIpc) is 2.78. The van der Waals surface area contributed by atoms with Crippen molar-refractivity contribution in [3.8, 4) is 0 Å². The monoisotopic (exact) mass is 261 g/mol. The number of nitrogens with one attached hydrogen (secondary N) is 1. The highest BCUT2D eigenvalue weighted by Crippen LogP contribution is 2.12. The Morgan fingerprint density at radius 3 is 2.84 bits per heavy atom. The van der Waals surface area contributed by atoms with Crippen molar-refractivity contribution in [1.82, 2.24) is 14.9 Å². The molecule has 19 heavy (non-hydrogen) atoms. The van der Waals surface area contributed by atoms with Crippen molar-refractivity contribution in [2.45, 2.75) is 26.3 Å². The number of nitrogens with zero attached hydrogens (tertiary/aromatic N) is 2. The number of hydrogen-bond donors (Lipinski definition) is 1. The maximum absolute atomic E-state index is 13.0. The summed E-state index contributed by atoms with van der Waals surface area (Å²) >= 11 is 0. The lowest BCUT2D eigenvalue weighted by molar-refractivity contribution is 0.532. The summed E-state index contributed by atoms with van der Waals surface area (Å²) in [6.45, 7) is 4.89. The molecule has 0 aliphatic rings. The minimum atomic E-state index is -0.171. The molecule has 1 aromatic heterocycles. The first-order valence-corrected chi connectivity index (χ1v) is 6.53. The molecule has 0 radical (unpaired) electrons. The summed E-state index contributed by atoms with van der Waals surface area (Å²) in [5.41, 5.74) is 2.19.